The van der Waals surface area contributed by atoms with E-state index in [2.05, 4.69) is 25.4 Å². The van der Waals surface area contributed by atoms with E-state index in [1.54, 1.807) is 23.4 Å². The number of ether oxygens (including phenoxy) is 1. The second-order valence-corrected chi connectivity index (χ2v) is 6.49. The fourth-order valence-corrected chi connectivity index (χ4v) is 2.87. The van der Waals surface area contributed by atoms with Gasteiger partial charge in [-0.15, -0.1) is 0 Å². The van der Waals surface area contributed by atoms with Crippen molar-refractivity contribution in [2.24, 2.45) is 0 Å². The molecule has 0 radical (unpaired) electrons. The predicted octanol–water partition coefficient (Wildman–Crippen LogP) is 1.58. The standard InChI is InChI=1S/C17H24N6O2/c1-17(6-2-3-8-25-17)16-20-10-14(11-21-16)9-19-15(24)5-4-7-23-13-18-12-22-23/h10-13H,2-9H2,1H3,(H,19,24)/t17-/m0/s1. The van der Waals surface area contributed by atoms with Crippen LogP contribution in [0.4, 0.5) is 0 Å². The highest BCUT2D eigenvalue weighted by Gasteiger charge is 2.32. The molecule has 3 heterocycles. The lowest BCUT2D eigenvalue weighted by atomic mass is 9.95. The summed E-state index contributed by atoms with van der Waals surface area (Å²) in [4.78, 5) is 24.6. The van der Waals surface area contributed by atoms with Gasteiger partial charge in [0.15, 0.2) is 5.82 Å². The Hall–Kier alpha value is -2.35. The van der Waals surface area contributed by atoms with Crippen molar-refractivity contribution in [2.45, 2.75) is 57.7 Å². The molecule has 2 aromatic rings. The fourth-order valence-electron chi connectivity index (χ4n) is 2.87. The molecule has 3 rings (SSSR count). The number of aromatic nitrogens is 5. The molecular formula is C17H24N6O2. The van der Waals surface area contributed by atoms with Crippen LogP contribution in [0, 0.1) is 0 Å². The largest absolute Gasteiger partial charge is 0.367 e. The summed E-state index contributed by atoms with van der Waals surface area (Å²) in [5.41, 5.74) is 0.495. The smallest absolute Gasteiger partial charge is 0.220 e. The molecule has 0 bridgehead atoms. The van der Waals surface area contributed by atoms with Crippen LogP contribution in [0.3, 0.4) is 0 Å². The summed E-state index contributed by atoms with van der Waals surface area (Å²) in [6, 6.07) is 0. The Kier molecular flexibility index (Phi) is 5.70. The Bertz CT molecular complexity index is 665. The first-order valence-electron chi connectivity index (χ1n) is 8.70. The molecule has 2 aromatic heterocycles. The van der Waals surface area contributed by atoms with Crippen molar-refractivity contribution in [3.8, 4) is 0 Å². The van der Waals surface area contributed by atoms with Gasteiger partial charge in [0, 0.05) is 44.1 Å². The summed E-state index contributed by atoms with van der Waals surface area (Å²) in [6.07, 6.45) is 11.0. The lowest BCUT2D eigenvalue weighted by Crippen LogP contribution is -2.32. The Balaban J connectivity index is 1.42. The summed E-state index contributed by atoms with van der Waals surface area (Å²) in [5, 5.41) is 6.90. The van der Waals surface area contributed by atoms with E-state index in [0.29, 0.717) is 19.5 Å². The van der Waals surface area contributed by atoms with Gasteiger partial charge < -0.3 is 10.1 Å². The number of rotatable bonds is 7. The molecule has 8 nitrogen and oxygen atoms in total. The maximum absolute atomic E-state index is 11.9. The van der Waals surface area contributed by atoms with E-state index in [9.17, 15) is 4.79 Å². The highest BCUT2D eigenvalue weighted by atomic mass is 16.5. The first kappa shape index (κ1) is 17.5. The molecule has 8 heteroatoms. The van der Waals surface area contributed by atoms with Gasteiger partial charge in [0.1, 0.15) is 18.3 Å². The van der Waals surface area contributed by atoms with Crippen LogP contribution in [-0.2, 0) is 28.2 Å². The second-order valence-electron chi connectivity index (χ2n) is 6.49. The summed E-state index contributed by atoms with van der Waals surface area (Å²) in [7, 11) is 0. The number of amides is 1. The Morgan fingerprint density at radius 3 is 2.88 bits per heavy atom. The molecule has 0 unspecified atom stereocenters. The molecule has 1 saturated heterocycles. The van der Waals surface area contributed by atoms with E-state index in [4.69, 9.17) is 4.74 Å². The number of aryl methyl sites for hydroxylation is 1. The summed E-state index contributed by atoms with van der Waals surface area (Å²) >= 11 is 0. The minimum Gasteiger partial charge on any atom is -0.367 e. The molecule has 1 atom stereocenters. The molecule has 0 spiro atoms. The van der Waals surface area contributed by atoms with Gasteiger partial charge in [-0.25, -0.2) is 15.0 Å². The third-order valence-electron chi connectivity index (χ3n) is 4.39. The maximum atomic E-state index is 11.9. The minimum atomic E-state index is -0.388. The van der Waals surface area contributed by atoms with Crippen molar-refractivity contribution in [3.63, 3.8) is 0 Å². The molecule has 0 saturated carbocycles. The van der Waals surface area contributed by atoms with E-state index < -0.39 is 0 Å². The number of carbonyl (C=O) groups excluding carboxylic acids is 1. The van der Waals surface area contributed by atoms with Crippen LogP contribution in [0.5, 0.6) is 0 Å². The van der Waals surface area contributed by atoms with E-state index >= 15 is 0 Å². The molecule has 1 fully saturated rings. The molecule has 25 heavy (non-hydrogen) atoms. The van der Waals surface area contributed by atoms with E-state index in [0.717, 1.165) is 43.7 Å². The van der Waals surface area contributed by atoms with E-state index in [1.165, 1.54) is 6.33 Å². The van der Waals surface area contributed by atoms with Crippen molar-refractivity contribution in [1.29, 1.82) is 0 Å². The first-order chi connectivity index (χ1) is 12.2. The number of hydrogen-bond donors (Lipinski definition) is 1. The van der Waals surface area contributed by atoms with Gasteiger partial charge in [0.05, 0.1) is 0 Å². The number of nitrogens with zero attached hydrogens (tertiary/aromatic N) is 5. The van der Waals surface area contributed by atoms with Gasteiger partial charge >= 0.3 is 0 Å². The zero-order chi connectivity index (χ0) is 17.5. The van der Waals surface area contributed by atoms with Crippen molar-refractivity contribution in [2.75, 3.05) is 6.61 Å². The van der Waals surface area contributed by atoms with Crippen molar-refractivity contribution >= 4 is 5.91 Å². The third-order valence-corrected chi connectivity index (χ3v) is 4.39. The van der Waals surface area contributed by atoms with Gasteiger partial charge in [-0.3, -0.25) is 9.48 Å². The van der Waals surface area contributed by atoms with Gasteiger partial charge in [-0.2, -0.15) is 5.10 Å². The monoisotopic (exact) mass is 344 g/mol. The lowest BCUT2D eigenvalue weighted by Gasteiger charge is -2.32. The van der Waals surface area contributed by atoms with Crippen LogP contribution >= 0.6 is 0 Å². The molecular weight excluding hydrogens is 320 g/mol. The molecule has 0 aromatic carbocycles. The third kappa shape index (κ3) is 4.82. The summed E-state index contributed by atoms with van der Waals surface area (Å²) < 4.78 is 7.57. The predicted molar refractivity (Wildman–Crippen MR) is 90.3 cm³/mol. The van der Waals surface area contributed by atoms with E-state index in [1.807, 2.05) is 6.92 Å². The molecule has 1 aliphatic rings. The van der Waals surface area contributed by atoms with Crippen LogP contribution in [0.15, 0.2) is 25.0 Å². The molecule has 1 N–H and O–H groups in total. The van der Waals surface area contributed by atoms with Crippen LogP contribution in [-0.4, -0.2) is 37.2 Å². The topological polar surface area (TPSA) is 94.8 Å². The quantitative estimate of drug-likeness (QED) is 0.819. The Morgan fingerprint density at radius 2 is 2.20 bits per heavy atom. The SMILES string of the molecule is C[C@@]1(c2ncc(CNC(=O)CCCn3cncn3)cn2)CCCCO1. The van der Waals surface area contributed by atoms with Crippen molar-refractivity contribution in [3.05, 3.63) is 36.4 Å². The number of nitrogens with one attached hydrogen (secondary N) is 1. The summed E-state index contributed by atoms with van der Waals surface area (Å²) in [6.45, 7) is 3.91. The lowest BCUT2D eigenvalue weighted by molar-refractivity contribution is -0.121. The van der Waals surface area contributed by atoms with Gasteiger partial charge in [-0.1, -0.05) is 0 Å². The van der Waals surface area contributed by atoms with Crippen molar-refractivity contribution in [1.82, 2.24) is 30.0 Å². The number of carbonyl (C=O) groups is 1. The fraction of sp³-hybridized carbons (Fsp3) is 0.588. The molecule has 1 amide bonds. The van der Waals surface area contributed by atoms with E-state index in [-0.39, 0.29) is 11.5 Å². The van der Waals surface area contributed by atoms with Gasteiger partial charge in [0.25, 0.3) is 0 Å². The average molecular weight is 344 g/mol. The minimum absolute atomic E-state index is 0.00627. The van der Waals surface area contributed by atoms with Gasteiger partial charge in [0.2, 0.25) is 5.91 Å². The molecule has 134 valence electrons. The molecule has 1 aliphatic heterocycles. The highest BCUT2D eigenvalue weighted by Crippen LogP contribution is 2.32. The average Bonchev–Trinajstić information content (AvgIpc) is 3.14. The zero-order valence-corrected chi connectivity index (χ0v) is 14.5. The van der Waals surface area contributed by atoms with Crippen molar-refractivity contribution < 1.29 is 9.53 Å². The number of hydrogen-bond acceptors (Lipinski definition) is 6. The van der Waals surface area contributed by atoms with Gasteiger partial charge in [-0.05, 0) is 32.6 Å². The summed E-state index contributed by atoms with van der Waals surface area (Å²) in [5.74, 6) is 0.724. The second kappa shape index (κ2) is 8.15. The van der Waals surface area contributed by atoms with Crippen LogP contribution in [0.2, 0.25) is 0 Å². The maximum Gasteiger partial charge on any atom is 0.220 e. The Labute approximate surface area is 147 Å². The van der Waals surface area contributed by atoms with Crippen LogP contribution in [0.25, 0.3) is 0 Å². The first-order valence-corrected chi connectivity index (χ1v) is 8.70. The Morgan fingerprint density at radius 1 is 1.36 bits per heavy atom. The molecule has 0 aliphatic carbocycles. The van der Waals surface area contributed by atoms with Crippen LogP contribution < -0.4 is 5.32 Å². The normalized spacial score (nSPS) is 20.4. The zero-order valence-electron chi connectivity index (χ0n) is 14.5. The highest BCUT2D eigenvalue weighted by molar-refractivity contribution is 5.75. The van der Waals surface area contributed by atoms with Crippen LogP contribution in [0.1, 0.15) is 50.4 Å².